The molecule has 0 fully saturated rings. The van der Waals surface area contributed by atoms with Crippen molar-refractivity contribution in [3.63, 3.8) is 0 Å². The monoisotopic (exact) mass is 537 g/mol. The first-order valence-corrected chi connectivity index (χ1v) is 8.74. The van der Waals surface area contributed by atoms with Crippen molar-refractivity contribution in [3.8, 4) is 0 Å². The summed E-state index contributed by atoms with van der Waals surface area (Å²) in [4.78, 5) is 11.1. The molecule has 0 aromatic carbocycles. The zero-order valence-corrected chi connectivity index (χ0v) is 19.3. The summed E-state index contributed by atoms with van der Waals surface area (Å²) in [5, 5.41) is 9.83. The van der Waals surface area contributed by atoms with E-state index in [2.05, 4.69) is 17.7 Å². The van der Waals surface area contributed by atoms with E-state index < -0.39 is 0 Å². The van der Waals surface area contributed by atoms with Crippen LogP contribution >= 0.6 is 0 Å². The zero-order valence-electron chi connectivity index (χ0n) is 16.9. The number of ether oxygens (including phenoxy) is 1. The summed E-state index contributed by atoms with van der Waals surface area (Å²) in [7, 11) is 1.36. The number of carbonyl (C=O) groups excluding carboxylic acids is 1. The number of aliphatic hydroxyl groups is 1. The van der Waals surface area contributed by atoms with Gasteiger partial charge in [-0.3, -0.25) is 0 Å². The van der Waals surface area contributed by atoms with Crippen molar-refractivity contribution in [2.24, 2.45) is 5.92 Å². The van der Waals surface area contributed by atoms with E-state index in [0.717, 1.165) is 23.1 Å². The van der Waals surface area contributed by atoms with Gasteiger partial charge in [0.05, 0.1) is 7.11 Å². The Morgan fingerprint density at radius 1 is 1.23 bits per heavy atom. The van der Waals surface area contributed by atoms with Crippen LogP contribution < -0.4 is 0 Å². The number of rotatable bonds is 5. The Bertz CT molecular complexity index is 632. The second kappa shape index (κ2) is 14.5. The molecule has 26 heavy (non-hydrogen) atoms. The molecule has 147 valence electrons. The van der Waals surface area contributed by atoms with Gasteiger partial charge in [0.1, 0.15) is 5.76 Å². The maximum Gasteiger partial charge on any atom is 0.330 e. The van der Waals surface area contributed by atoms with E-state index in [9.17, 15) is 9.90 Å². The quantitative estimate of drug-likeness (QED) is 0.267. The van der Waals surface area contributed by atoms with Gasteiger partial charge in [-0.1, -0.05) is 56.7 Å². The summed E-state index contributed by atoms with van der Waals surface area (Å²) in [5.41, 5.74) is 4.04. The van der Waals surface area contributed by atoms with E-state index in [4.69, 9.17) is 0 Å². The normalized spacial score (nSPS) is 18.3. The van der Waals surface area contributed by atoms with Gasteiger partial charge in [-0.15, -0.1) is 0 Å². The average Bonchev–Trinajstić information content (AvgIpc) is 2.60. The van der Waals surface area contributed by atoms with Crippen molar-refractivity contribution in [2.45, 2.75) is 48.0 Å². The molecular weight excluding hydrogens is 504 g/mol. The van der Waals surface area contributed by atoms with E-state index in [1.54, 1.807) is 0 Å². The van der Waals surface area contributed by atoms with Crippen LogP contribution in [0.5, 0.6) is 0 Å². The van der Waals surface area contributed by atoms with Crippen molar-refractivity contribution in [2.75, 3.05) is 7.11 Å². The number of carbonyl (C=O) groups is 1. The van der Waals surface area contributed by atoms with Crippen LogP contribution in [0.1, 0.15) is 48.0 Å². The molecule has 1 N–H and O–H groups in total. The third-order valence-electron chi connectivity index (χ3n) is 3.80. The molecule has 0 aromatic heterocycles. The van der Waals surface area contributed by atoms with E-state index in [0.29, 0.717) is 11.7 Å². The van der Waals surface area contributed by atoms with Crippen molar-refractivity contribution in [1.82, 2.24) is 0 Å². The van der Waals surface area contributed by atoms with E-state index >= 15 is 0 Å². The maximum absolute atomic E-state index is 11.1. The molecule has 1 atom stereocenters. The number of methoxy groups -OCH3 is 1. The molecule has 0 heterocycles. The molecule has 0 amide bonds. The molecule has 1 rings (SSSR count). The number of aliphatic hydroxyl groups excluding tert-OH is 1. The predicted molar refractivity (Wildman–Crippen MR) is 106 cm³/mol. The van der Waals surface area contributed by atoms with Crippen molar-refractivity contribution >= 4 is 5.97 Å². The third kappa shape index (κ3) is 9.74. The predicted octanol–water partition coefficient (Wildman–Crippen LogP) is 5.99. The van der Waals surface area contributed by atoms with Gasteiger partial charge in [-0.2, -0.15) is 0 Å². The van der Waals surface area contributed by atoms with Gasteiger partial charge in [0.25, 0.3) is 0 Å². The minimum atomic E-state index is -0.352. The summed E-state index contributed by atoms with van der Waals surface area (Å²) in [6.45, 7) is 12.0. The van der Waals surface area contributed by atoms with Gasteiger partial charge in [-0.05, 0) is 55.9 Å². The molecule has 0 aliphatic heterocycles. The fourth-order valence-electron chi connectivity index (χ4n) is 2.30. The third-order valence-corrected chi connectivity index (χ3v) is 3.80. The molecule has 0 bridgehead atoms. The van der Waals surface area contributed by atoms with Crippen molar-refractivity contribution in [3.05, 3.63) is 70.6 Å². The summed E-state index contributed by atoms with van der Waals surface area (Å²) in [5.74, 6) is 0.442. The smallest absolute Gasteiger partial charge is 0.330 e. The molecule has 3 nitrogen and oxygen atoms in total. The van der Waals surface area contributed by atoms with Crippen LogP contribution in [0.25, 0.3) is 0 Å². The van der Waals surface area contributed by atoms with Crippen LogP contribution in [0.2, 0.25) is 0 Å². The number of hydrogen-bond acceptors (Lipinski definition) is 3. The standard InChI is InChI=1S/C20H26O3.C2H6.Ir/c1-14(7-6-8-15(2)13-20(22)23-5)9-11-18-16(3)10-12-19(21)17(18)4;1-2;/h6-9,11-13,16,21H,10H2,1-5H3;1-2H3;/b8-6+,11-9+,14-7+,15-13-;;. The van der Waals surface area contributed by atoms with Gasteiger partial charge >= 0.3 is 5.97 Å². The summed E-state index contributed by atoms with van der Waals surface area (Å²) < 4.78 is 4.58. The maximum atomic E-state index is 11.1. The van der Waals surface area contributed by atoms with Gasteiger partial charge in [0.2, 0.25) is 0 Å². The first-order chi connectivity index (χ1) is 11.8. The van der Waals surface area contributed by atoms with Crippen LogP contribution in [0.3, 0.4) is 0 Å². The molecular formula is C22H32IrO3. The Hall–Kier alpha value is -1.64. The number of esters is 1. The summed E-state index contributed by atoms with van der Waals surface area (Å²) in [6.07, 6.45) is 14.0. The van der Waals surface area contributed by atoms with E-state index in [1.165, 1.54) is 18.8 Å². The molecule has 4 heteroatoms. The zero-order chi connectivity index (χ0) is 19.4. The van der Waals surface area contributed by atoms with Gasteiger partial charge < -0.3 is 9.84 Å². The van der Waals surface area contributed by atoms with Crippen LogP contribution in [0.15, 0.2) is 70.6 Å². The average molecular weight is 537 g/mol. The van der Waals surface area contributed by atoms with Crippen LogP contribution in [0.4, 0.5) is 0 Å². The van der Waals surface area contributed by atoms with E-state index in [-0.39, 0.29) is 26.1 Å². The Morgan fingerprint density at radius 3 is 2.42 bits per heavy atom. The molecule has 1 aliphatic rings. The molecule has 1 unspecified atom stereocenters. The second-order valence-electron chi connectivity index (χ2n) is 5.82. The largest absolute Gasteiger partial charge is 0.508 e. The molecule has 1 aliphatic carbocycles. The topological polar surface area (TPSA) is 46.5 Å². The Kier molecular flexibility index (Phi) is 14.8. The fraction of sp³-hybridized carbons (Fsp3) is 0.409. The van der Waals surface area contributed by atoms with Crippen molar-refractivity contribution in [1.29, 1.82) is 0 Å². The summed E-state index contributed by atoms with van der Waals surface area (Å²) in [6, 6.07) is 0. The van der Waals surface area contributed by atoms with Gasteiger partial charge in [0.15, 0.2) is 0 Å². The number of hydrogen-bond donors (Lipinski definition) is 1. The minimum absolute atomic E-state index is 0. The first kappa shape index (κ1) is 26.6. The fourth-order valence-corrected chi connectivity index (χ4v) is 2.30. The summed E-state index contributed by atoms with van der Waals surface area (Å²) >= 11 is 0. The van der Waals surface area contributed by atoms with Crippen molar-refractivity contribution < 1.29 is 34.7 Å². The molecule has 0 spiro atoms. The molecule has 1 radical (unpaired) electrons. The first-order valence-electron chi connectivity index (χ1n) is 8.74. The molecule has 0 saturated carbocycles. The van der Waals surface area contributed by atoms with Crippen LogP contribution in [0, 0.1) is 5.92 Å². The Morgan fingerprint density at radius 2 is 1.85 bits per heavy atom. The van der Waals surface area contributed by atoms with Gasteiger partial charge in [-0.25, -0.2) is 4.79 Å². The molecule has 0 saturated heterocycles. The SMILES string of the molecule is CC.COC(=O)\C=C(C)/C=C/C=C(C)/C=C/C1=C(C)C(O)=CCC1C.[Ir]. The van der Waals surface area contributed by atoms with Crippen LogP contribution in [-0.2, 0) is 29.6 Å². The Labute approximate surface area is 172 Å². The van der Waals surface area contributed by atoms with E-state index in [1.807, 2.05) is 65.0 Å². The number of allylic oxidation sites excluding steroid dienone is 10. The van der Waals surface area contributed by atoms with Crippen LogP contribution in [-0.4, -0.2) is 18.2 Å². The molecule has 0 aromatic rings. The Balaban J connectivity index is 0. The minimum Gasteiger partial charge on any atom is -0.508 e. The second-order valence-corrected chi connectivity index (χ2v) is 5.82. The van der Waals surface area contributed by atoms with Gasteiger partial charge in [0, 0.05) is 26.2 Å².